The van der Waals surface area contributed by atoms with Gasteiger partial charge in [-0.05, 0) is 12.8 Å². The Hall–Kier alpha value is -0.540. The molecule has 0 saturated carbocycles. The fourth-order valence-electron chi connectivity index (χ4n) is 2.26. The Balaban J connectivity index is 1.75. The molecule has 0 amide bonds. The molecule has 2 saturated heterocycles. The van der Waals surface area contributed by atoms with Gasteiger partial charge in [0, 0.05) is 51.5 Å². The molecule has 2 heterocycles. The van der Waals surface area contributed by atoms with E-state index in [0.717, 1.165) is 19.6 Å². The maximum absolute atomic E-state index is 4.19. The number of nitrogens with one attached hydrogen (secondary N) is 1. The van der Waals surface area contributed by atoms with Crippen molar-refractivity contribution < 1.29 is 0 Å². The lowest BCUT2D eigenvalue weighted by atomic mass is 10.3. The first-order chi connectivity index (χ1) is 6.86. The van der Waals surface area contributed by atoms with Crippen molar-refractivity contribution in [2.45, 2.75) is 12.8 Å². The Morgan fingerprint density at radius 2 is 1.71 bits per heavy atom. The Bertz CT molecular complexity index is 191. The molecule has 0 radical (unpaired) electrons. The van der Waals surface area contributed by atoms with Crippen molar-refractivity contribution in [3.8, 4) is 0 Å². The van der Waals surface area contributed by atoms with Crippen LogP contribution in [0, 0.1) is 0 Å². The normalized spacial score (nSPS) is 24.1. The molecule has 0 aliphatic carbocycles. The molecule has 0 aromatic rings. The minimum Gasteiger partial charge on any atom is -0.374 e. The zero-order chi connectivity index (χ0) is 9.80. The summed E-state index contributed by atoms with van der Waals surface area (Å²) in [7, 11) is 0. The number of piperazine rings is 1. The standard InChI is InChI=1S/C11H21N3/c1-11(14-6-2-3-7-14)10-13-8-4-12-5-9-13/h12H,1-10H2. The highest BCUT2D eigenvalue weighted by Crippen LogP contribution is 2.14. The molecule has 1 N–H and O–H groups in total. The number of nitrogens with zero attached hydrogens (tertiary/aromatic N) is 2. The third-order valence-electron chi connectivity index (χ3n) is 3.17. The van der Waals surface area contributed by atoms with E-state index in [-0.39, 0.29) is 0 Å². The van der Waals surface area contributed by atoms with Crippen LogP contribution in [0.3, 0.4) is 0 Å². The van der Waals surface area contributed by atoms with E-state index in [1.165, 1.54) is 44.7 Å². The second-order valence-corrected chi connectivity index (χ2v) is 4.29. The lowest BCUT2D eigenvalue weighted by Gasteiger charge is -2.30. The second-order valence-electron chi connectivity index (χ2n) is 4.29. The van der Waals surface area contributed by atoms with Crippen LogP contribution >= 0.6 is 0 Å². The molecule has 0 bridgehead atoms. The van der Waals surface area contributed by atoms with Gasteiger partial charge in [-0.25, -0.2) is 0 Å². The van der Waals surface area contributed by atoms with Gasteiger partial charge in [-0.3, -0.25) is 4.90 Å². The summed E-state index contributed by atoms with van der Waals surface area (Å²) in [5.41, 5.74) is 1.32. The molecule has 14 heavy (non-hydrogen) atoms. The van der Waals surface area contributed by atoms with Gasteiger partial charge in [-0.15, -0.1) is 0 Å². The highest BCUT2D eigenvalue weighted by Gasteiger charge is 2.16. The second kappa shape index (κ2) is 4.80. The van der Waals surface area contributed by atoms with Crippen LogP contribution in [-0.2, 0) is 0 Å². The Labute approximate surface area is 86.8 Å². The van der Waals surface area contributed by atoms with E-state index in [1.54, 1.807) is 0 Å². The smallest absolute Gasteiger partial charge is 0.0378 e. The van der Waals surface area contributed by atoms with Crippen LogP contribution in [0.15, 0.2) is 12.3 Å². The van der Waals surface area contributed by atoms with Gasteiger partial charge in [0.25, 0.3) is 0 Å². The first-order valence-corrected chi connectivity index (χ1v) is 5.72. The van der Waals surface area contributed by atoms with E-state index in [2.05, 4.69) is 21.7 Å². The highest BCUT2D eigenvalue weighted by atomic mass is 15.2. The summed E-state index contributed by atoms with van der Waals surface area (Å²) < 4.78 is 0. The molecule has 80 valence electrons. The minimum atomic E-state index is 1.07. The SMILES string of the molecule is C=C(CN1CCNCC1)N1CCCC1. The van der Waals surface area contributed by atoms with Crippen molar-refractivity contribution in [2.24, 2.45) is 0 Å². The number of hydrogen-bond acceptors (Lipinski definition) is 3. The van der Waals surface area contributed by atoms with Crippen LogP contribution in [0.1, 0.15) is 12.8 Å². The van der Waals surface area contributed by atoms with Crippen LogP contribution in [0.5, 0.6) is 0 Å². The molecule has 0 atom stereocenters. The molecule has 3 nitrogen and oxygen atoms in total. The van der Waals surface area contributed by atoms with E-state index in [0.29, 0.717) is 0 Å². The molecular formula is C11H21N3. The van der Waals surface area contributed by atoms with E-state index >= 15 is 0 Å². The van der Waals surface area contributed by atoms with Gasteiger partial charge in [-0.2, -0.15) is 0 Å². The van der Waals surface area contributed by atoms with Gasteiger partial charge in [-0.1, -0.05) is 6.58 Å². The number of rotatable bonds is 3. The monoisotopic (exact) mass is 195 g/mol. The summed E-state index contributed by atoms with van der Waals surface area (Å²) in [6.45, 7) is 12.3. The van der Waals surface area contributed by atoms with Crippen LogP contribution in [-0.4, -0.2) is 55.6 Å². The van der Waals surface area contributed by atoms with Crippen molar-refractivity contribution in [1.82, 2.24) is 15.1 Å². The predicted molar refractivity (Wildman–Crippen MR) is 59.3 cm³/mol. The maximum Gasteiger partial charge on any atom is 0.0378 e. The summed E-state index contributed by atoms with van der Waals surface area (Å²) >= 11 is 0. The van der Waals surface area contributed by atoms with E-state index in [1.807, 2.05) is 0 Å². The maximum atomic E-state index is 4.19. The number of likely N-dealkylation sites (tertiary alicyclic amines) is 1. The molecule has 2 aliphatic rings. The van der Waals surface area contributed by atoms with Gasteiger partial charge in [0.05, 0.1) is 0 Å². The fraction of sp³-hybridized carbons (Fsp3) is 0.818. The van der Waals surface area contributed by atoms with Crippen LogP contribution in [0.25, 0.3) is 0 Å². The zero-order valence-corrected chi connectivity index (χ0v) is 8.97. The van der Waals surface area contributed by atoms with Crippen molar-refractivity contribution in [3.05, 3.63) is 12.3 Å². The van der Waals surface area contributed by atoms with Crippen molar-refractivity contribution in [3.63, 3.8) is 0 Å². The fourth-order valence-corrected chi connectivity index (χ4v) is 2.26. The lowest BCUT2D eigenvalue weighted by Crippen LogP contribution is -2.45. The quantitative estimate of drug-likeness (QED) is 0.707. The van der Waals surface area contributed by atoms with Gasteiger partial charge >= 0.3 is 0 Å². The molecule has 2 aliphatic heterocycles. The third kappa shape index (κ3) is 2.49. The van der Waals surface area contributed by atoms with Crippen molar-refractivity contribution in [1.29, 1.82) is 0 Å². The molecule has 0 aromatic carbocycles. The summed E-state index contributed by atoms with van der Waals surface area (Å²) in [5, 5.41) is 3.37. The van der Waals surface area contributed by atoms with Gasteiger partial charge in [0.15, 0.2) is 0 Å². The average Bonchev–Trinajstić information content (AvgIpc) is 2.72. The van der Waals surface area contributed by atoms with Crippen molar-refractivity contribution in [2.75, 3.05) is 45.8 Å². The number of hydrogen-bond donors (Lipinski definition) is 1. The topological polar surface area (TPSA) is 18.5 Å². The van der Waals surface area contributed by atoms with Gasteiger partial charge in [0.2, 0.25) is 0 Å². The lowest BCUT2D eigenvalue weighted by molar-refractivity contribution is 0.237. The van der Waals surface area contributed by atoms with Gasteiger partial charge < -0.3 is 10.2 Å². The average molecular weight is 195 g/mol. The minimum absolute atomic E-state index is 1.07. The Morgan fingerprint density at radius 1 is 1.07 bits per heavy atom. The first kappa shape index (κ1) is 9.99. The molecule has 3 heteroatoms. The third-order valence-corrected chi connectivity index (χ3v) is 3.17. The zero-order valence-electron chi connectivity index (χ0n) is 8.97. The Kier molecular flexibility index (Phi) is 3.43. The largest absolute Gasteiger partial charge is 0.374 e. The van der Waals surface area contributed by atoms with Crippen molar-refractivity contribution >= 4 is 0 Å². The molecule has 0 unspecified atom stereocenters. The molecule has 2 fully saturated rings. The van der Waals surface area contributed by atoms with Crippen LogP contribution < -0.4 is 5.32 Å². The molecule has 2 rings (SSSR count). The summed E-state index contributed by atoms with van der Waals surface area (Å²) in [4.78, 5) is 4.94. The van der Waals surface area contributed by atoms with E-state index in [9.17, 15) is 0 Å². The summed E-state index contributed by atoms with van der Waals surface area (Å²) in [6.07, 6.45) is 2.70. The van der Waals surface area contributed by atoms with Crippen LogP contribution in [0.4, 0.5) is 0 Å². The Morgan fingerprint density at radius 3 is 2.36 bits per heavy atom. The molecule has 0 aromatic heterocycles. The molecule has 0 spiro atoms. The van der Waals surface area contributed by atoms with Crippen LogP contribution in [0.2, 0.25) is 0 Å². The highest BCUT2D eigenvalue weighted by molar-refractivity contribution is 4.99. The summed E-state index contributed by atoms with van der Waals surface area (Å²) in [5.74, 6) is 0. The molecular weight excluding hydrogens is 174 g/mol. The summed E-state index contributed by atoms with van der Waals surface area (Å²) in [6, 6.07) is 0. The van der Waals surface area contributed by atoms with Gasteiger partial charge in [0.1, 0.15) is 0 Å². The first-order valence-electron chi connectivity index (χ1n) is 5.72. The van der Waals surface area contributed by atoms with E-state index < -0.39 is 0 Å². The predicted octanol–water partition coefficient (Wildman–Crippen LogP) is 0.501. The van der Waals surface area contributed by atoms with E-state index in [4.69, 9.17) is 0 Å².